The largest absolute Gasteiger partial charge is 0.493 e. The molecule has 1 unspecified atom stereocenters. The van der Waals surface area contributed by atoms with E-state index in [1.807, 2.05) is 30.0 Å². The number of benzene rings is 1. The van der Waals surface area contributed by atoms with Gasteiger partial charge in [-0.05, 0) is 37.5 Å². The molecule has 26 heavy (non-hydrogen) atoms. The van der Waals surface area contributed by atoms with Gasteiger partial charge in [-0.15, -0.1) is 0 Å². The molecule has 1 N–H and O–H groups in total. The summed E-state index contributed by atoms with van der Waals surface area (Å²) >= 11 is 0. The molecule has 1 saturated heterocycles. The van der Waals surface area contributed by atoms with Crippen LogP contribution in [0.2, 0.25) is 0 Å². The lowest BCUT2D eigenvalue weighted by Gasteiger charge is -2.25. The highest BCUT2D eigenvalue weighted by Gasteiger charge is 2.29. The number of nitrogens with zero attached hydrogens (tertiary/aromatic N) is 4. The Morgan fingerprint density at radius 2 is 2.27 bits per heavy atom. The Kier molecular flexibility index (Phi) is 5.93. The molecule has 1 aromatic carbocycles. The van der Waals surface area contributed by atoms with Crippen molar-refractivity contribution in [3.05, 3.63) is 36.4 Å². The number of urea groups is 1. The van der Waals surface area contributed by atoms with Crippen LogP contribution in [-0.2, 0) is 13.1 Å². The van der Waals surface area contributed by atoms with Crippen molar-refractivity contribution in [3.63, 3.8) is 0 Å². The van der Waals surface area contributed by atoms with Crippen molar-refractivity contribution in [2.45, 2.75) is 38.9 Å². The molecule has 140 valence electrons. The Labute approximate surface area is 153 Å². The van der Waals surface area contributed by atoms with Gasteiger partial charge in [-0.3, -0.25) is 4.68 Å². The van der Waals surface area contributed by atoms with E-state index in [2.05, 4.69) is 15.4 Å². The maximum Gasteiger partial charge on any atom is 0.317 e. The number of hydrogen-bond donors (Lipinski definition) is 1. The van der Waals surface area contributed by atoms with Crippen molar-refractivity contribution >= 4 is 6.03 Å². The monoisotopic (exact) mass is 359 g/mol. The minimum Gasteiger partial charge on any atom is -0.493 e. The van der Waals surface area contributed by atoms with Crippen LogP contribution in [0.1, 0.15) is 25.3 Å². The van der Waals surface area contributed by atoms with Crippen LogP contribution >= 0.6 is 0 Å². The highest BCUT2D eigenvalue weighted by molar-refractivity contribution is 5.74. The van der Waals surface area contributed by atoms with E-state index < -0.39 is 0 Å². The minimum atomic E-state index is -0.0543. The Morgan fingerprint density at radius 3 is 3.00 bits per heavy atom. The van der Waals surface area contributed by atoms with Crippen LogP contribution in [-0.4, -0.2) is 52.0 Å². The van der Waals surface area contributed by atoms with Crippen molar-refractivity contribution in [2.24, 2.45) is 0 Å². The van der Waals surface area contributed by atoms with Crippen LogP contribution < -0.4 is 14.8 Å². The minimum absolute atomic E-state index is 0.0543. The molecule has 8 nitrogen and oxygen atoms in total. The fourth-order valence-electron chi connectivity index (χ4n) is 3.21. The third-order valence-corrected chi connectivity index (χ3v) is 4.47. The van der Waals surface area contributed by atoms with E-state index in [1.165, 1.54) is 6.33 Å². The highest BCUT2D eigenvalue weighted by atomic mass is 16.5. The normalized spacial score (nSPS) is 16.5. The van der Waals surface area contributed by atoms with E-state index in [1.54, 1.807) is 18.1 Å². The Morgan fingerprint density at radius 1 is 1.38 bits per heavy atom. The van der Waals surface area contributed by atoms with Crippen molar-refractivity contribution in [1.82, 2.24) is 25.0 Å². The van der Waals surface area contributed by atoms with Crippen molar-refractivity contribution < 1.29 is 14.3 Å². The molecule has 2 amide bonds. The Balaban J connectivity index is 1.58. The maximum absolute atomic E-state index is 12.6. The number of amides is 2. The molecular weight excluding hydrogens is 334 g/mol. The second-order valence-corrected chi connectivity index (χ2v) is 6.18. The van der Waals surface area contributed by atoms with Gasteiger partial charge in [0.05, 0.1) is 26.3 Å². The van der Waals surface area contributed by atoms with Gasteiger partial charge in [0.1, 0.15) is 12.7 Å². The van der Waals surface area contributed by atoms with Crippen LogP contribution in [0.4, 0.5) is 4.79 Å². The molecular formula is C18H25N5O3. The number of likely N-dealkylation sites (tertiary alicyclic amines) is 1. The van der Waals surface area contributed by atoms with Gasteiger partial charge in [0, 0.05) is 13.1 Å². The van der Waals surface area contributed by atoms with Crippen LogP contribution in [0.25, 0.3) is 0 Å². The summed E-state index contributed by atoms with van der Waals surface area (Å²) in [6, 6.07) is 5.78. The van der Waals surface area contributed by atoms with Gasteiger partial charge in [-0.25, -0.2) is 9.78 Å². The highest BCUT2D eigenvalue weighted by Crippen LogP contribution is 2.28. The average molecular weight is 359 g/mol. The zero-order valence-corrected chi connectivity index (χ0v) is 15.2. The first-order valence-corrected chi connectivity index (χ1v) is 8.88. The number of ether oxygens (including phenoxy) is 2. The van der Waals surface area contributed by atoms with E-state index in [9.17, 15) is 4.79 Å². The molecule has 0 radical (unpaired) electrons. The van der Waals surface area contributed by atoms with E-state index in [0.717, 1.165) is 24.9 Å². The number of hydrogen-bond acceptors (Lipinski definition) is 5. The molecule has 0 aliphatic carbocycles. The zero-order chi connectivity index (χ0) is 18.4. The van der Waals surface area contributed by atoms with E-state index in [-0.39, 0.29) is 12.1 Å². The lowest BCUT2D eigenvalue weighted by Crippen LogP contribution is -2.44. The number of aromatic nitrogens is 3. The molecule has 1 fully saturated rings. The summed E-state index contributed by atoms with van der Waals surface area (Å²) < 4.78 is 12.6. The molecule has 1 aliphatic heterocycles. The quantitative estimate of drug-likeness (QED) is 0.818. The number of rotatable bonds is 7. The molecule has 3 rings (SSSR count). The van der Waals surface area contributed by atoms with Gasteiger partial charge in [0.2, 0.25) is 0 Å². The van der Waals surface area contributed by atoms with Crippen molar-refractivity contribution in [3.8, 4) is 11.5 Å². The predicted molar refractivity (Wildman–Crippen MR) is 96.1 cm³/mol. The second kappa shape index (κ2) is 8.55. The first kappa shape index (κ1) is 18.0. The SMILES string of the molecule is CCOc1cc(CNC(=O)N2CCCC2Cn2cncn2)ccc1OC. The molecule has 0 spiro atoms. The first-order chi connectivity index (χ1) is 12.7. The molecule has 8 heteroatoms. The smallest absolute Gasteiger partial charge is 0.317 e. The second-order valence-electron chi connectivity index (χ2n) is 6.18. The van der Waals surface area contributed by atoms with E-state index >= 15 is 0 Å². The summed E-state index contributed by atoms with van der Waals surface area (Å²) in [5.74, 6) is 1.38. The summed E-state index contributed by atoms with van der Waals surface area (Å²) in [6.07, 6.45) is 5.17. The summed E-state index contributed by atoms with van der Waals surface area (Å²) in [5, 5.41) is 7.13. The zero-order valence-electron chi connectivity index (χ0n) is 15.2. The van der Waals surface area contributed by atoms with Crippen LogP contribution in [0.5, 0.6) is 11.5 Å². The summed E-state index contributed by atoms with van der Waals surface area (Å²) in [4.78, 5) is 18.4. The number of carbonyl (C=O) groups is 1. The fraction of sp³-hybridized carbons (Fsp3) is 0.500. The lowest BCUT2D eigenvalue weighted by atomic mass is 10.2. The van der Waals surface area contributed by atoms with E-state index in [0.29, 0.717) is 31.2 Å². The summed E-state index contributed by atoms with van der Waals surface area (Å²) in [6.45, 7) is 4.36. The predicted octanol–water partition coefficient (Wildman–Crippen LogP) is 2.06. The molecule has 1 aromatic heterocycles. The van der Waals surface area contributed by atoms with Gasteiger partial charge in [-0.2, -0.15) is 5.10 Å². The van der Waals surface area contributed by atoms with Gasteiger partial charge < -0.3 is 19.7 Å². The molecule has 2 heterocycles. The Bertz CT molecular complexity index is 720. The van der Waals surface area contributed by atoms with Crippen LogP contribution in [0, 0.1) is 0 Å². The van der Waals surface area contributed by atoms with Gasteiger partial charge in [-0.1, -0.05) is 6.07 Å². The first-order valence-electron chi connectivity index (χ1n) is 8.88. The molecule has 1 aliphatic rings. The number of methoxy groups -OCH3 is 1. The lowest BCUT2D eigenvalue weighted by molar-refractivity contribution is 0.185. The van der Waals surface area contributed by atoms with Crippen LogP contribution in [0.15, 0.2) is 30.9 Å². The molecule has 1 atom stereocenters. The third-order valence-electron chi connectivity index (χ3n) is 4.47. The van der Waals surface area contributed by atoms with Crippen molar-refractivity contribution in [1.29, 1.82) is 0 Å². The summed E-state index contributed by atoms with van der Waals surface area (Å²) in [5.41, 5.74) is 0.967. The topological polar surface area (TPSA) is 81.5 Å². The third kappa shape index (κ3) is 4.25. The molecule has 0 bridgehead atoms. The number of nitrogens with one attached hydrogen (secondary N) is 1. The molecule has 0 saturated carbocycles. The van der Waals surface area contributed by atoms with Crippen molar-refractivity contribution in [2.75, 3.05) is 20.3 Å². The average Bonchev–Trinajstić information content (AvgIpc) is 3.32. The summed E-state index contributed by atoms with van der Waals surface area (Å²) in [7, 11) is 1.61. The number of carbonyl (C=O) groups excluding carboxylic acids is 1. The standard InChI is InChI=1S/C18H25N5O3/c1-3-26-17-9-14(6-7-16(17)25-2)10-20-18(24)23-8-4-5-15(23)11-22-13-19-12-21-22/h6-7,9,12-13,15H,3-5,8,10-11H2,1-2H3,(H,20,24). The van der Waals surface area contributed by atoms with Gasteiger partial charge in [0.15, 0.2) is 11.5 Å². The maximum atomic E-state index is 12.6. The van der Waals surface area contributed by atoms with Crippen LogP contribution in [0.3, 0.4) is 0 Å². The van der Waals surface area contributed by atoms with Gasteiger partial charge in [0.25, 0.3) is 0 Å². The Hall–Kier alpha value is -2.77. The van der Waals surface area contributed by atoms with Gasteiger partial charge >= 0.3 is 6.03 Å². The van der Waals surface area contributed by atoms with E-state index in [4.69, 9.17) is 9.47 Å². The fourth-order valence-corrected chi connectivity index (χ4v) is 3.21. The molecule has 2 aromatic rings.